The number of rotatable bonds is 5. The average molecular weight is 332 g/mol. The van der Waals surface area contributed by atoms with E-state index in [1.165, 1.54) is 16.7 Å². The van der Waals surface area contributed by atoms with Gasteiger partial charge in [-0.3, -0.25) is 0 Å². The summed E-state index contributed by atoms with van der Waals surface area (Å²) in [5, 5.41) is 3.34. The number of nitrogens with zero attached hydrogens (tertiary/aromatic N) is 3. The van der Waals surface area contributed by atoms with Crippen LogP contribution in [0, 0.1) is 20.8 Å². The Morgan fingerprint density at radius 1 is 0.880 bits per heavy atom. The molecule has 3 rings (SSSR count). The van der Waals surface area contributed by atoms with Gasteiger partial charge in [-0.05, 0) is 49.6 Å². The first-order valence-corrected chi connectivity index (χ1v) is 8.46. The van der Waals surface area contributed by atoms with Crippen molar-refractivity contribution in [3.8, 4) is 0 Å². The molecule has 25 heavy (non-hydrogen) atoms. The minimum absolute atomic E-state index is 0.625. The van der Waals surface area contributed by atoms with E-state index in [9.17, 15) is 0 Å². The maximum absolute atomic E-state index is 4.69. The topological polar surface area (TPSA) is 41.1 Å². The number of hydrogen-bond donors (Lipinski definition) is 1. The van der Waals surface area contributed by atoms with Crippen molar-refractivity contribution in [3.05, 3.63) is 77.0 Å². The highest BCUT2D eigenvalue weighted by Crippen LogP contribution is 2.20. The highest BCUT2D eigenvalue weighted by atomic mass is 15.2. The molecule has 0 aliphatic carbocycles. The van der Waals surface area contributed by atoms with Gasteiger partial charge in [0.25, 0.3) is 0 Å². The van der Waals surface area contributed by atoms with Gasteiger partial charge in [-0.1, -0.05) is 36.4 Å². The molecule has 3 aromatic rings. The summed E-state index contributed by atoms with van der Waals surface area (Å²) in [5.74, 6) is 1.53. The van der Waals surface area contributed by atoms with E-state index in [0.29, 0.717) is 5.95 Å². The van der Waals surface area contributed by atoms with Crippen LogP contribution in [0.2, 0.25) is 0 Å². The SMILES string of the molecule is Cc1cc(C)cc(Nc2nc(C)cc(N(C)Cc3ccccc3)n2)c1. The predicted octanol–water partition coefficient (Wildman–Crippen LogP) is 4.78. The fourth-order valence-corrected chi connectivity index (χ4v) is 2.92. The molecule has 128 valence electrons. The summed E-state index contributed by atoms with van der Waals surface area (Å²) in [7, 11) is 2.05. The Morgan fingerprint density at radius 3 is 2.24 bits per heavy atom. The minimum atomic E-state index is 0.625. The molecule has 0 spiro atoms. The van der Waals surface area contributed by atoms with Gasteiger partial charge >= 0.3 is 0 Å². The molecule has 0 saturated heterocycles. The molecular formula is C21H24N4. The Labute approximate surface area is 149 Å². The van der Waals surface area contributed by atoms with E-state index < -0.39 is 0 Å². The monoisotopic (exact) mass is 332 g/mol. The van der Waals surface area contributed by atoms with Gasteiger partial charge in [0, 0.05) is 31.0 Å². The molecule has 0 radical (unpaired) electrons. The minimum Gasteiger partial charge on any atom is -0.355 e. The Kier molecular flexibility index (Phi) is 4.98. The summed E-state index contributed by atoms with van der Waals surface area (Å²) in [6.07, 6.45) is 0. The van der Waals surface area contributed by atoms with Crippen LogP contribution >= 0.6 is 0 Å². The number of anilines is 3. The molecule has 1 aromatic heterocycles. The number of benzene rings is 2. The van der Waals surface area contributed by atoms with E-state index in [4.69, 9.17) is 0 Å². The molecule has 4 heteroatoms. The van der Waals surface area contributed by atoms with Crippen LogP contribution in [-0.2, 0) is 6.54 Å². The summed E-state index contributed by atoms with van der Waals surface area (Å²) in [6, 6.07) is 18.8. The number of aromatic nitrogens is 2. The number of nitrogens with one attached hydrogen (secondary N) is 1. The first kappa shape index (κ1) is 17.0. The van der Waals surface area contributed by atoms with Gasteiger partial charge < -0.3 is 10.2 Å². The van der Waals surface area contributed by atoms with Crippen molar-refractivity contribution in [2.75, 3.05) is 17.3 Å². The Morgan fingerprint density at radius 2 is 1.56 bits per heavy atom. The molecule has 1 heterocycles. The Bertz CT molecular complexity index is 839. The third kappa shape index (κ3) is 4.57. The third-order valence-corrected chi connectivity index (χ3v) is 3.97. The summed E-state index contributed by atoms with van der Waals surface area (Å²) in [5.41, 5.74) is 5.65. The predicted molar refractivity (Wildman–Crippen MR) is 105 cm³/mol. The largest absolute Gasteiger partial charge is 0.355 e. The van der Waals surface area contributed by atoms with Crippen molar-refractivity contribution in [2.45, 2.75) is 27.3 Å². The maximum Gasteiger partial charge on any atom is 0.229 e. The van der Waals surface area contributed by atoms with Crippen LogP contribution < -0.4 is 10.2 Å². The van der Waals surface area contributed by atoms with Gasteiger partial charge in [-0.25, -0.2) is 4.98 Å². The van der Waals surface area contributed by atoms with Gasteiger partial charge in [0.15, 0.2) is 0 Å². The molecule has 0 atom stereocenters. The zero-order valence-electron chi connectivity index (χ0n) is 15.2. The molecule has 1 N–H and O–H groups in total. The third-order valence-electron chi connectivity index (χ3n) is 3.97. The standard InChI is InChI=1S/C21H24N4/c1-15-10-16(2)12-19(11-15)23-21-22-17(3)13-20(24-21)25(4)14-18-8-6-5-7-9-18/h5-13H,14H2,1-4H3,(H,22,23,24). The quantitative estimate of drug-likeness (QED) is 0.730. The molecule has 4 nitrogen and oxygen atoms in total. The smallest absolute Gasteiger partial charge is 0.229 e. The van der Waals surface area contributed by atoms with E-state index >= 15 is 0 Å². The molecular weight excluding hydrogens is 308 g/mol. The molecule has 0 bridgehead atoms. The fourth-order valence-electron chi connectivity index (χ4n) is 2.92. The van der Waals surface area contributed by atoms with Gasteiger partial charge in [0.1, 0.15) is 5.82 Å². The van der Waals surface area contributed by atoms with Crippen molar-refractivity contribution >= 4 is 17.5 Å². The van der Waals surface area contributed by atoms with E-state index in [-0.39, 0.29) is 0 Å². The van der Waals surface area contributed by atoms with Crippen LogP contribution in [0.1, 0.15) is 22.4 Å². The molecule has 0 unspecified atom stereocenters. The van der Waals surface area contributed by atoms with Crippen molar-refractivity contribution in [1.29, 1.82) is 0 Å². The average Bonchev–Trinajstić information content (AvgIpc) is 2.54. The van der Waals surface area contributed by atoms with Gasteiger partial charge in [0.05, 0.1) is 0 Å². The van der Waals surface area contributed by atoms with E-state index in [1.807, 2.05) is 19.1 Å². The van der Waals surface area contributed by atoms with Crippen molar-refractivity contribution in [3.63, 3.8) is 0 Å². The summed E-state index contributed by atoms with van der Waals surface area (Å²) < 4.78 is 0. The molecule has 0 aliphatic rings. The second-order valence-corrected chi connectivity index (χ2v) is 6.53. The van der Waals surface area contributed by atoms with E-state index in [1.54, 1.807) is 0 Å². The lowest BCUT2D eigenvalue weighted by Crippen LogP contribution is -2.18. The zero-order valence-corrected chi connectivity index (χ0v) is 15.2. The van der Waals surface area contributed by atoms with Crippen LogP contribution in [0.15, 0.2) is 54.6 Å². The van der Waals surface area contributed by atoms with Crippen molar-refractivity contribution in [1.82, 2.24) is 9.97 Å². The fraction of sp³-hybridized carbons (Fsp3) is 0.238. The number of aryl methyl sites for hydroxylation is 3. The van der Waals surface area contributed by atoms with Crippen molar-refractivity contribution < 1.29 is 0 Å². The van der Waals surface area contributed by atoms with Gasteiger partial charge in [-0.2, -0.15) is 4.98 Å². The van der Waals surface area contributed by atoms with Crippen LogP contribution in [0.4, 0.5) is 17.5 Å². The van der Waals surface area contributed by atoms with Gasteiger partial charge in [-0.15, -0.1) is 0 Å². The zero-order chi connectivity index (χ0) is 17.8. The molecule has 2 aromatic carbocycles. The first-order valence-electron chi connectivity index (χ1n) is 8.46. The summed E-state index contributed by atoms with van der Waals surface area (Å²) >= 11 is 0. The first-order chi connectivity index (χ1) is 12.0. The summed E-state index contributed by atoms with van der Waals surface area (Å²) in [4.78, 5) is 11.4. The highest BCUT2D eigenvalue weighted by Gasteiger charge is 2.08. The van der Waals surface area contributed by atoms with Gasteiger partial charge in [0.2, 0.25) is 5.95 Å². The molecule has 0 fully saturated rings. The van der Waals surface area contributed by atoms with Crippen molar-refractivity contribution in [2.24, 2.45) is 0 Å². The normalized spacial score (nSPS) is 10.6. The number of hydrogen-bond acceptors (Lipinski definition) is 4. The van der Waals surface area contributed by atoms with Crippen LogP contribution in [0.5, 0.6) is 0 Å². The molecule has 0 amide bonds. The Hall–Kier alpha value is -2.88. The summed E-state index contributed by atoms with van der Waals surface area (Å²) in [6.45, 7) is 6.98. The lowest BCUT2D eigenvalue weighted by molar-refractivity contribution is 0.888. The molecule has 0 saturated carbocycles. The van der Waals surface area contributed by atoms with Crippen LogP contribution in [-0.4, -0.2) is 17.0 Å². The lowest BCUT2D eigenvalue weighted by atomic mass is 10.1. The van der Waals surface area contributed by atoms with Crippen LogP contribution in [0.3, 0.4) is 0 Å². The Balaban J connectivity index is 1.82. The van der Waals surface area contributed by atoms with Crippen LogP contribution in [0.25, 0.3) is 0 Å². The second-order valence-electron chi connectivity index (χ2n) is 6.53. The van der Waals surface area contributed by atoms with E-state index in [0.717, 1.165) is 23.7 Å². The maximum atomic E-state index is 4.69. The lowest BCUT2D eigenvalue weighted by Gasteiger charge is -2.19. The van der Waals surface area contributed by atoms with E-state index in [2.05, 4.69) is 83.5 Å². The second kappa shape index (κ2) is 7.34. The highest BCUT2D eigenvalue weighted by molar-refractivity contribution is 5.57. The molecule has 0 aliphatic heterocycles.